The van der Waals surface area contributed by atoms with E-state index in [-0.39, 0.29) is 69.7 Å². The average Bonchev–Trinajstić information content (AvgIpc) is 4.46. The molecular formula is C55H76N16O13. The summed E-state index contributed by atoms with van der Waals surface area (Å²) in [6.45, 7) is 6.61. The van der Waals surface area contributed by atoms with Gasteiger partial charge in [-0.05, 0) is 60.8 Å². The van der Waals surface area contributed by atoms with Crippen LogP contribution in [-0.2, 0) is 73.6 Å². The van der Waals surface area contributed by atoms with Gasteiger partial charge in [0.25, 0.3) is 0 Å². The molecule has 5 rings (SSSR count). The number of nitrogens with one attached hydrogen (secondary N) is 9. The van der Waals surface area contributed by atoms with Crippen LogP contribution in [0.25, 0.3) is 0 Å². The van der Waals surface area contributed by atoms with Gasteiger partial charge < -0.3 is 84.6 Å². The molecule has 0 spiro atoms. The zero-order valence-corrected chi connectivity index (χ0v) is 47.1. The summed E-state index contributed by atoms with van der Waals surface area (Å²) in [5.41, 5.74) is 18.6. The van der Waals surface area contributed by atoms with Crippen molar-refractivity contribution in [2.24, 2.45) is 34.0 Å². The molecule has 29 heteroatoms. The van der Waals surface area contributed by atoms with Gasteiger partial charge in [0.15, 0.2) is 5.96 Å². The first-order valence-corrected chi connectivity index (χ1v) is 27.4. The number of nitrogens with two attached hydrogens (primary N) is 3. The van der Waals surface area contributed by atoms with Crippen molar-refractivity contribution >= 4 is 65.2 Å². The standard InChI is InChI=1S/C55H76N16O13/c1-29(2)44(69-47(76)37(12-8-18-61-55(57)58)64-46(75)36(56)24-43(73)74)51(80)66-39(21-32-14-16-35(72)17-15-32)49(78)70-45(30(3)4)52(81)67-40(22-33-25-59-27-62-33)53(82)71-19-9-13-42(71)50(79)65-38(20-31-10-6-5-7-11-31)48(77)68-41(54(83)84)23-34-26-60-28-63-34/h5-7,10-11,14-17,25-30,36-42,44-45,72H,8-9,12-13,18-24,56H2,1-4H3,(H,59,62)(H,60,63)(H,64,75)(H,65,79)(H,66,80)(H,67,81)(H,68,77)(H,69,76)(H,70,78)(H,73,74)(H,83,84)(H4,57,58,61). The van der Waals surface area contributed by atoms with Crippen LogP contribution in [0.1, 0.15) is 82.3 Å². The zero-order chi connectivity index (χ0) is 61.6. The smallest absolute Gasteiger partial charge is 0.326 e. The lowest BCUT2D eigenvalue weighted by Crippen LogP contribution is -2.62. The Hall–Kier alpha value is -9.41. The number of nitrogens with zero attached hydrogens (tertiary/aromatic N) is 4. The van der Waals surface area contributed by atoms with E-state index in [0.717, 1.165) is 0 Å². The SMILES string of the molecule is CC(C)C(NC(=O)C(CCCN=C(N)N)NC(=O)C(N)CC(=O)O)C(=O)NC(Cc1ccc(O)cc1)C(=O)NC(C(=O)NC(Cc1cnc[nH]1)C(=O)N1CCCC1C(=O)NC(Cc1ccccc1)C(=O)NC(Cc1cnc[nH]1)C(=O)O)C(C)C. The summed E-state index contributed by atoms with van der Waals surface area (Å²) in [5.74, 6) is -10.8. The van der Waals surface area contributed by atoms with E-state index in [1.165, 1.54) is 54.2 Å². The third-order valence-corrected chi connectivity index (χ3v) is 13.8. The molecule has 84 heavy (non-hydrogen) atoms. The molecule has 8 amide bonds. The first-order valence-electron chi connectivity index (χ1n) is 27.4. The molecule has 1 saturated heterocycles. The van der Waals surface area contributed by atoms with Gasteiger partial charge in [0, 0.05) is 62.6 Å². The second-order valence-corrected chi connectivity index (χ2v) is 21.1. The molecule has 1 aliphatic rings. The third-order valence-electron chi connectivity index (χ3n) is 13.8. The van der Waals surface area contributed by atoms with Crippen LogP contribution in [0.15, 0.2) is 84.6 Å². The Balaban J connectivity index is 1.36. The maximum Gasteiger partial charge on any atom is 0.326 e. The van der Waals surface area contributed by atoms with E-state index in [2.05, 4.69) is 62.1 Å². The summed E-state index contributed by atoms with van der Waals surface area (Å²) < 4.78 is 0. The number of benzene rings is 2. The second-order valence-electron chi connectivity index (χ2n) is 21.1. The van der Waals surface area contributed by atoms with E-state index in [4.69, 9.17) is 17.2 Å². The van der Waals surface area contributed by atoms with Crippen molar-refractivity contribution in [2.45, 2.75) is 140 Å². The highest BCUT2D eigenvalue weighted by molar-refractivity contribution is 5.99. The normalized spacial score (nSPS) is 15.8. The molecule has 2 aromatic carbocycles. The number of carboxylic acids is 2. The number of rotatable bonds is 32. The number of aliphatic carboxylic acids is 2. The molecule has 29 nitrogen and oxygen atoms in total. The largest absolute Gasteiger partial charge is 0.508 e. The summed E-state index contributed by atoms with van der Waals surface area (Å²) in [6, 6.07) is 2.21. The molecule has 1 fully saturated rings. The van der Waals surface area contributed by atoms with Gasteiger partial charge in [-0.3, -0.25) is 48.1 Å². The number of phenolic OH excluding ortho intramolecular Hbond substituents is 1. The number of hydrogen-bond donors (Lipinski definition) is 15. The number of amides is 8. The molecule has 4 aromatic rings. The Morgan fingerprint density at radius 2 is 1.13 bits per heavy atom. The van der Waals surface area contributed by atoms with Crippen molar-refractivity contribution in [1.82, 2.24) is 62.1 Å². The lowest BCUT2D eigenvalue weighted by molar-refractivity contribution is -0.143. The minimum absolute atomic E-state index is 0.0373. The number of carbonyl (C=O) groups is 10. The van der Waals surface area contributed by atoms with Gasteiger partial charge in [-0.15, -0.1) is 0 Å². The molecule has 18 N–H and O–H groups in total. The molecule has 0 bridgehead atoms. The minimum Gasteiger partial charge on any atom is -0.508 e. The zero-order valence-electron chi connectivity index (χ0n) is 47.1. The highest BCUT2D eigenvalue weighted by Crippen LogP contribution is 2.21. The fourth-order valence-electron chi connectivity index (χ4n) is 9.24. The summed E-state index contributed by atoms with van der Waals surface area (Å²) >= 11 is 0. The number of H-pyrrole nitrogens is 2. The fraction of sp³-hybridized carbons (Fsp3) is 0.473. The molecule has 1 aliphatic heterocycles. The predicted octanol–water partition coefficient (Wildman–Crippen LogP) is -2.25. The van der Waals surface area contributed by atoms with Crippen molar-refractivity contribution in [2.75, 3.05) is 13.1 Å². The Morgan fingerprint density at radius 1 is 0.631 bits per heavy atom. The van der Waals surface area contributed by atoms with Gasteiger partial charge in [0.2, 0.25) is 47.3 Å². The number of aromatic nitrogens is 4. The molecule has 0 aliphatic carbocycles. The molecular weight excluding hydrogens is 1090 g/mol. The lowest BCUT2D eigenvalue weighted by Gasteiger charge is -2.32. The highest BCUT2D eigenvalue weighted by Gasteiger charge is 2.41. The number of aromatic hydroxyl groups is 1. The van der Waals surface area contributed by atoms with Crippen LogP contribution in [0, 0.1) is 11.8 Å². The van der Waals surface area contributed by atoms with E-state index in [9.17, 15) is 63.3 Å². The fourth-order valence-corrected chi connectivity index (χ4v) is 9.24. The number of aliphatic imine (C=N–C) groups is 1. The minimum atomic E-state index is -1.52. The van der Waals surface area contributed by atoms with Crippen molar-refractivity contribution in [3.63, 3.8) is 0 Å². The Labute approximate surface area is 483 Å². The number of likely N-dealkylation sites (tertiary alicyclic amines) is 1. The summed E-state index contributed by atoms with van der Waals surface area (Å²) in [6.07, 6.45) is 4.94. The number of carboxylic acid groups (broad SMARTS) is 2. The Morgan fingerprint density at radius 3 is 1.65 bits per heavy atom. The molecule has 0 radical (unpaired) electrons. The molecule has 2 aromatic heterocycles. The van der Waals surface area contributed by atoms with Crippen molar-refractivity contribution < 1.29 is 63.3 Å². The van der Waals surface area contributed by atoms with Gasteiger partial charge in [0.05, 0.1) is 25.1 Å². The molecule has 0 saturated carbocycles. The maximum absolute atomic E-state index is 14.8. The van der Waals surface area contributed by atoms with Crippen LogP contribution in [0.3, 0.4) is 0 Å². The topological polar surface area (TPSA) is 467 Å². The lowest BCUT2D eigenvalue weighted by atomic mass is 9.98. The quantitative estimate of drug-likeness (QED) is 0.0139. The number of carbonyl (C=O) groups excluding carboxylic acids is 8. The van der Waals surface area contributed by atoms with Gasteiger partial charge in [-0.2, -0.15) is 0 Å². The first-order chi connectivity index (χ1) is 39.9. The van der Waals surface area contributed by atoms with Crippen LogP contribution in [-0.4, -0.2) is 173 Å². The number of hydrogen-bond acceptors (Lipinski definition) is 15. The summed E-state index contributed by atoms with van der Waals surface area (Å²) in [5, 5.41) is 47.8. The van der Waals surface area contributed by atoms with Crippen molar-refractivity contribution in [3.05, 3.63) is 102 Å². The summed E-state index contributed by atoms with van der Waals surface area (Å²) in [7, 11) is 0. The second kappa shape index (κ2) is 31.7. The first kappa shape index (κ1) is 65.4. The van der Waals surface area contributed by atoms with E-state index in [0.29, 0.717) is 28.9 Å². The van der Waals surface area contributed by atoms with Gasteiger partial charge in [-0.25, -0.2) is 14.8 Å². The number of aromatic amines is 2. The number of guanidine groups is 1. The predicted molar refractivity (Wildman–Crippen MR) is 302 cm³/mol. The number of phenols is 1. The monoisotopic (exact) mass is 1170 g/mol. The van der Waals surface area contributed by atoms with Crippen molar-refractivity contribution in [3.8, 4) is 5.75 Å². The Kier molecular flexibility index (Phi) is 24.7. The average molecular weight is 1170 g/mol. The molecule has 9 unspecified atom stereocenters. The van der Waals surface area contributed by atoms with E-state index in [1.807, 2.05) is 0 Å². The van der Waals surface area contributed by atoms with Crippen LogP contribution >= 0.6 is 0 Å². The molecule has 9 atom stereocenters. The highest BCUT2D eigenvalue weighted by atomic mass is 16.4. The van der Waals surface area contributed by atoms with Crippen LogP contribution in [0.2, 0.25) is 0 Å². The Bertz CT molecular complexity index is 2900. The third kappa shape index (κ3) is 20.2. The summed E-state index contributed by atoms with van der Waals surface area (Å²) in [4.78, 5) is 156. The van der Waals surface area contributed by atoms with E-state index < -0.39 is 132 Å². The number of imidazole rings is 2. The van der Waals surface area contributed by atoms with Crippen LogP contribution in [0.5, 0.6) is 5.75 Å². The van der Waals surface area contributed by atoms with E-state index in [1.54, 1.807) is 58.0 Å². The van der Waals surface area contributed by atoms with Crippen molar-refractivity contribution in [1.29, 1.82) is 0 Å². The molecule has 454 valence electrons. The van der Waals surface area contributed by atoms with Crippen LogP contribution < -0.4 is 54.4 Å². The van der Waals surface area contributed by atoms with Gasteiger partial charge in [0.1, 0.15) is 54.1 Å². The van der Waals surface area contributed by atoms with E-state index >= 15 is 0 Å². The molecule has 3 heterocycles. The van der Waals surface area contributed by atoms with Gasteiger partial charge in [-0.1, -0.05) is 70.2 Å². The van der Waals surface area contributed by atoms with Crippen LogP contribution in [0.4, 0.5) is 0 Å². The van der Waals surface area contributed by atoms with Gasteiger partial charge >= 0.3 is 11.9 Å². The maximum atomic E-state index is 14.8.